The molecule has 0 atom stereocenters. The fraction of sp³-hybridized carbons (Fsp3) is 0.143. The van der Waals surface area contributed by atoms with Crippen molar-refractivity contribution in [3.05, 3.63) is 113 Å². The van der Waals surface area contributed by atoms with Crippen molar-refractivity contribution in [3.63, 3.8) is 0 Å². The fourth-order valence-electron chi connectivity index (χ4n) is 4.66. The van der Waals surface area contributed by atoms with Crippen LogP contribution < -0.4 is 4.74 Å². The van der Waals surface area contributed by atoms with E-state index in [2.05, 4.69) is 9.97 Å². The molecule has 0 aliphatic carbocycles. The van der Waals surface area contributed by atoms with Gasteiger partial charge in [0.2, 0.25) is 0 Å². The molecule has 5 aromatic rings. The first-order valence-electron chi connectivity index (χ1n) is 11.6. The Labute approximate surface area is 213 Å². The number of carbonyl (C=O) groups excluding carboxylic acids is 1. The fourth-order valence-corrected chi connectivity index (χ4v) is 4.89. The highest BCUT2D eigenvalue weighted by atomic mass is 35.5. The molecule has 4 heterocycles. The van der Waals surface area contributed by atoms with Gasteiger partial charge in [-0.15, -0.1) is 0 Å². The van der Waals surface area contributed by atoms with Crippen LogP contribution in [0.1, 0.15) is 32.7 Å². The third-order valence-electron chi connectivity index (χ3n) is 6.41. The Morgan fingerprint density at radius 2 is 1.97 bits per heavy atom. The standard InChI is InChI=1S/C28H22ClN5O2/c1-18-11-25(33-10-9-30-17-33)22-7-4-8-26(27(22)32-18)36-16-23-20(12-31-13-24(23)29)15-34-14-19-5-2-3-6-21(19)28(34)35/h2-13,17H,14-16H2,1H3. The van der Waals surface area contributed by atoms with Gasteiger partial charge in [-0.2, -0.15) is 0 Å². The van der Waals surface area contributed by atoms with Gasteiger partial charge in [0.25, 0.3) is 5.91 Å². The van der Waals surface area contributed by atoms with Crippen LogP contribution in [0.5, 0.6) is 5.75 Å². The van der Waals surface area contributed by atoms with Crippen LogP contribution in [0.25, 0.3) is 16.6 Å². The van der Waals surface area contributed by atoms with E-state index in [1.165, 1.54) is 0 Å². The van der Waals surface area contributed by atoms with Crippen molar-refractivity contribution < 1.29 is 9.53 Å². The quantitative estimate of drug-likeness (QED) is 0.310. The number of fused-ring (bicyclic) bond motifs is 2. The molecule has 1 aliphatic rings. The summed E-state index contributed by atoms with van der Waals surface area (Å²) in [4.78, 5) is 27.9. The summed E-state index contributed by atoms with van der Waals surface area (Å²) in [6.45, 7) is 3.14. The van der Waals surface area contributed by atoms with E-state index in [1.807, 2.05) is 71.1 Å². The number of aryl methyl sites for hydroxylation is 1. The van der Waals surface area contributed by atoms with Gasteiger partial charge in [0.05, 0.1) is 17.0 Å². The summed E-state index contributed by atoms with van der Waals surface area (Å²) in [5, 5.41) is 1.46. The number of amides is 1. The van der Waals surface area contributed by atoms with Crippen molar-refractivity contribution in [1.29, 1.82) is 0 Å². The number of hydrogen-bond donors (Lipinski definition) is 0. The molecule has 6 rings (SSSR count). The number of nitrogens with zero attached hydrogens (tertiary/aromatic N) is 5. The maximum absolute atomic E-state index is 12.9. The SMILES string of the molecule is Cc1cc(-n2ccnc2)c2cccc(OCc3c(Cl)cncc3CN3Cc4ccccc4C3=O)c2n1. The van der Waals surface area contributed by atoms with Gasteiger partial charge < -0.3 is 14.2 Å². The van der Waals surface area contributed by atoms with E-state index < -0.39 is 0 Å². The minimum absolute atomic E-state index is 0.0122. The van der Waals surface area contributed by atoms with Crippen molar-refractivity contribution in [1.82, 2.24) is 24.4 Å². The average Bonchev–Trinajstić information content (AvgIpc) is 3.52. The van der Waals surface area contributed by atoms with Crippen LogP contribution in [-0.2, 0) is 19.7 Å². The molecule has 3 aromatic heterocycles. The summed E-state index contributed by atoms with van der Waals surface area (Å²) in [7, 11) is 0. The zero-order chi connectivity index (χ0) is 24.6. The van der Waals surface area contributed by atoms with Crippen molar-refractivity contribution in [2.24, 2.45) is 0 Å². The van der Waals surface area contributed by atoms with Gasteiger partial charge in [-0.25, -0.2) is 9.97 Å². The lowest BCUT2D eigenvalue weighted by molar-refractivity contribution is 0.0765. The van der Waals surface area contributed by atoms with Gasteiger partial charge in [-0.3, -0.25) is 9.78 Å². The molecule has 1 aliphatic heterocycles. The number of para-hydroxylation sites is 1. The van der Waals surface area contributed by atoms with Crippen LogP contribution in [-0.4, -0.2) is 30.3 Å². The minimum atomic E-state index is 0.0122. The van der Waals surface area contributed by atoms with Gasteiger partial charge in [-0.05, 0) is 36.2 Å². The van der Waals surface area contributed by atoms with Crippen LogP contribution in [0, 0.1) is 6.92 Å². The van der Waals surface area contributed by atoms with Gasteiger partial charge in [0.1, 0.15) is 17.9 Å². The van der Waals surface area contributed by atoms with Crippen LogP contribution in [0.15, 0.2) is 79.6 Å². The Kier molecular flexibility index (Phi) is 5.62. The Morgan fingerprint density at radius 3 is 2.81 bits per heavy atom. The van der Waals surface area contributed by atoms with E-state index in [0.29, 0.717) is 23.9 Å². The molecule has 0 unspecified atom stereocenters. The molecule has 2 aromatic carbocycles. The van der Waals surface area contributed by atoms with E-state index in [-0.39, 0.29) is 12.5 Å². The molecular weight excluding hydrogens is 474 g/mol. The normalized spacial score (nSPS) is 12.8. The summed E-state index contributed by atoms with van der Waals surface area (Å²) < 4.78 is 8.27. The van der Waals surface area contributed by atoms with Crippen molar-refractivity contribution in [3.8, 4) is 11.4 Å². The lowest BCUT2D eigenvalue weighted by atomic mass is 10.1. The Balaban J connectivity index is 1.30. The number of benzene rings is 2. The third kappa shape index (κ3) is 3.97. The minimum Gasteiger partial charge on any atom is -0.487 e. The molecule has 8 heteroatoms. The van der Waals surface area contributed by atoms with Crippen LogP contribution in [0.3, 0.4) is 0 Å². The molecule has 0 saturated carbocycles. The van der Waals surface area contributed by atoms with Gasteiger partial charge >= 0.3 is 0 Å². The Hall–Kier alpha value is -4.23. The zero-order valence-electron chi connectivity index (χ0n) is 19.6. The lowest BCUT2D eigenvalue weighted by Crippen LogP contribution is -2.24. The molecule has 1 amide bonds. The summed E-state index contributed by atoms with van der Waals surface area (Å²) >= 11 is 6.57. The molecule has 178 valence electrons. The highest BCUT2D eigenvalue weighted by molar-refractivity contribution is 6.31. The van der Waals surface area contributed by atoms with E-state index in [0.717, 1.165) is 44.5 Å². The molecule has 0 spiro atoms. The topological polar surface area (TPSA) is 73.1 Å². The van der Waals surface area contributed by atoms with Crippen LogP contribution in [0.2, 0.25) is 5.02 Å². The number of aromatic nitrogens is 4. The molecule has 0 saturated heterocycles. The monoisotopic (exact) mass is 495 g/mol. The molecule has 7 nitrogen and oxygen atoms in total. The largest absolute Gasteiger partial charge is 0.487 e. The Morgan fingerprint density at radius 1 is 1.08 bits per heavy atom. The van der Waals surface area contributed by atoms with E-state index in [9.17, 15) is 4.79 Å². The summed E-state index contributed by atoms with van der Waals surface area (Å²) in [5.41, 5.74) is 6.05. The number of hydrogen-bond acceptors (Lipinski definition) is 5. The van der Waals surface area contributed by atoms with Crippen LogP contribution >= 0.6 is 11.6 Å². The van der Waals surface area contributed by atoms with Crippen molar-refractivity contribution >= 4 is 28.4 Å². The van der Waals surface area contributed by atoms with E-state index in [1.54, 1.807) is 24.9 Å². The van der Waals surface area contributed by atoms with Crippen molar-refractivity contribution in [2.45, 2.75) is 26.6 Å². The first-order valence-corrected chi connectivity index (χ1v) is 12.0. The second-order valence-electron chi connectivity index (χ2n) is 8.77. The zero-order valence-corrected chi connectivity index (χ0v) is 20.3. The lowest BCUT2D eigenvalue weighted by Gasteiger charge is -2.19. The van der Waals surface area contributed by atoms with Gasteiger partial charge in [-0.1, -0.05) is 41.9 Å². The van der Waals surface area contributed by atoms with E-state index >= 15 is 0 Å². The van der Waals surface area contributed by atoms with Gasteiger partial charge in [0.15, 0.2) is 0 Å². The summed E-state index contributed by atoms with van der Waals surface area (Å²) in [6.07, 6.45) is 8.78. The van der Waals surface area contributed by atoms with Crippen molar-refractivity contribution in [2.75, 3.05) is 0 Å². The van der Waals surface area contributed by atoms with Crippen LogP contribution in [0.4, 0.5) is 0 Å². The molecule has 0 radical (unpaired) electrons. The number of imidazole rings is 1. The first-order chi connectivity index (χ1) is 17.6. The smallest absolute Gasteiger partial charge is 0.254 e. The molecule has 0 N–H and O–H groups in total. The second-order valence-corrected chi connectivity index (χ2v) is 9.18. The average molecular weight is 496 g/mol. The number of ether oxygens (including phenoxy) is 1. The van der Waals surface area contributed by atoms with E-state index in [4.69, 9.17) is 21.3 Å². The number of pyridine rings is 2. The molecule has 0 bridgehead atoms. The molecular formula is C28H22ClN5O2. The first kappa shape index (κ1) is 22.2. The predicted molar refractivity (Wildman–Crippen MR) is 137 cm³/mol. The number of rotatable bonds is 6. The maximum Gasteiger partial charge on any atom is 0.254 e. The highest BCUT2D eigenvalue weighted by Crippen LogP contribution is 2.31. The van der Waals surface area contributed by atoms with Gasteiger partial charge in [0, 0.05) is 60.1 Å². The predicted octanol–water partition coefficient (Wildman–Crippen LogP) is 5.51. The molecule has 0 fully saturated rings. The Bertz CT molecular complexity index is 1600. The molecule has 36 heavy (non-hydrogen) atoms. The number of halogens is 1. The maximum atomic E-state index is 12.9. The second kappa shape index (κ2) is 9.09. The third-order valence-corrected chi connectivity index (χ3v) is 6.74. The highest BCUT2D eigenvalue weighted by Gasteiger charge is 2.27. The summed E-state index contributed by atoms with van der Waals surface area (Å²) in [6, 6.07) is 15.6. The number of carbonyl (C=O) groups is 1. The summed E-state index contributed by atoms with van der Waals surface area (Å²) in [5.74, 6) is 0.666.